The number of hydrogen-bond acceptors (Lipinski definition) is 7. The first-order valence-electron chi connectivity index (χ1n) is 8.76. The zero-order valence-electron chi connectivity index (χ0n) is 15.1. The second-order valence-corrected chi connectivity index (χ2v) is 6.38. The maximum Gasteiger partial charge on any atom is 0.227 e. The van der Waals surface area contributed by atoms with E-state index in [0.29, 0.717) is 17.9 Å². The third kappa shape index (κ3) is 2.72. The maximum absolute atomic E-state index is 9.87. The highest BCUT2D eigenvalue weighted by atomic mass is 16.5. The summed E-state index contributed by atoms with van der Waals surface area (Å²) in [6.07, 6.45) is 0. The van der Waals surface area contributed by atoms with Crippen molar-refractivity contribution in [2.45, 2.75) is 12.8 Å². The molecule has 7 heteroatoms. The Kier molecular flexibility index (Phi) is 4.17. The van der Waals surface area contributed by atoms with E-state index in [-0.39, 0.29) is 34.6 Å². The summed E-state index contributed by atoms with van der Waals surface area (Å²) in [4.78, 5) is 4.24. The van der Waals surface area contributed by atoms with Crippen LogP contribution in [0.3, 0.4) is 0 Å². The summed E-state index contributed by atoms with van der Waals surface area (Å²) in [7, 11) is 0. The number of aromatic hydroxyl groups is 1. The number of nitriles is 1. The topological polar surface area (TPSA) is 127 Å². The molecule has 0 radical (unpaired) electrons. The van der Waals surface area contributed by atoms with Crippen molar-refractivity contribution >= 4 is 11.5 Å². The molecule has 1 aliphatic rings. The van der Waals surface area contributed by atoms with E-state index < -0.39 is 0 Å². The number of nitrogens with two attached hydrogens (primary N) is 2. The Morgan fingerprint density at radius 3 is 2.64 bits per heavy atom. The lowest BCUT2D eigenvalue weighted by Gasteiger charge is -2.29. The molecule has 0 bridgehead atoms. The van der Waals surface area contributed by atoms with E-state index in [4.69, 9.17) is 20.9 Å². The lowest BCUT2D eigenvalue weighted by molar-refractivity contribution is 0.340. The van der Waals surface area contributed by atoms with Crippen LogP contribution in [0, 0.1) is 11.3 Å². The van der Waals surface area contributed by atoms with Crippen LogP contribution in [0.25, 0.3) is 0 Å². The van der Waals surface area contributed by atoms with Crippen molar-refractivity contribution in [1.82, 2.24) is 4.98 Å². The zero-order chi connectivity index (χ0) is 19.8. The lowest BCUT2D eigenvalue weighted by atomic mass is 9.82. The molecule has 140 valence electrons. The van der Waals surface area contributed by atoms with Gasteiger partial charge in [0.25, 0.3) is 0 Å². The van der Waals surface area contributed by atoms with Crippen LogP contribution in [0.4, 0.5) is 11.5 Å². The fraction of sp³-hybridized carbons (Fsp3) is 0.143. The SMILES string of the molecule is CCOc1ccc(C2c3ccc(O)cc3Oc3nc(N)c(C#N)c(N)c32)cc1. The van der Waals surface area contributed by atoms with Gasteiger partial charge in [0.1, 0.15) is 34.7 Å². The summed E-state index contributed by atoms with van der Waals surface area (Å²) in [5, 5.41) is 19.3. The molecule has 2 heterocycles. The maximum atomic E-state index is 9.87. The van der Waals surface area contributed by atoms with Crippen LogP contribution in [-0.2, 0) is 0 Å². The first kappa shape index (κ1) is 17.5. The van der Waals surface area contributed by atoms with Gasteiger partial charge < -0.3 is 26.0 Å². The highest BCUT2D eigenvalue weighted by molar-refractivity contribution is 5.75. The zero-order valence-corrected chi connectivity index (χ0v) is 15.1. The normalized spacial score (nSPS) is 14.4. The van der Waals surface area contributed by atoms with Gasteiger partial charge in [-0.25, -0.2) is 0 Å². The molecule has 7 nitrogen and oxygen atoms in total. The van der Waals surface area contributed by atoms with Crippen LogP contribution in [0.5, 0.6) is 23.1 Å². The number of phenols is 1. The molecule has 5 N–H and O–H groups in total. The summed E-state index contributed by atoms with van der Waals surface area (Å²) >= 11 is 0. The Bertz CT molecular complexity index is 1100. The lowest BCUT2D eigenvalue weighted by Crippen LogP contribution is -2.17. The van der Waals surface area contributed by atoms with Gasteiger partial charge in [0.15, 0.2) is 0 Å². The molecule has 2 aromatic carbocycles. The number of anilines is 2. The minimum Gasteiger partial charge on any atom is -0.508 e. The number of pyridine rings is 1. The number of ether oxygens (including phenoxy) is 2. The van der Waals surface area contributed by atoms with Gasteiger partial charge in [0.2, 0.25) is 5.88 Å². The fourth-order valence-electron chi connectivity index (χ4n) is 3.47. The van der Waals surface area contributed by atoms with Crippen molar-refractivity contribution in [2.75, 3.05) is 18.1 Å². The monoisotopic (exact) mass is 374 g/mol. The Balaban J connectivity index is 1.96. The summed E-state index contributed by atoms with van der Waals surface area (Å²) < 4.78 is 11.4. The van der Waals surface area contributed by atoms with E-state index in [1.807, 2.05) is 37.3 Å². The number of hydrogen-bond donors (Lipinski definition) is 3. The molecule has 1 aliphatic heterocycles. The number of rotatable bonds is 3. The molecule has 0 saturated carbocycles. The molecule has 0 fully saturated rings. The van der Waals surface area contributed by atoms with E-state index in [1.165, 1.54) is 6.07 Å². The van der Waals surface area contributed by atoms with Gasteiger partial charge in [0, 0.05) is 17.5 Å². The van der Waals surface area contributed by atoms with Gasteiger partial charge in [-0.15, -0.1) is 0 Å². The largest absolute Gasteiger partial charge is 0.508 e. The van der Waals surface area contributed by atoms with Crippen molar-refractivity contribution in [3.05, 3.63) is 64.7 Å². The number of benzene rings is 2. The molecular weight excluding hydrogens is 356 g/mol. The molecule has 0 spiro atoms. The molecule has 4 rings (SSSR count). The van der Waals surface area contributed by atoms with Crippen LogP contribution in [0.15, 0.2) is 42.5 Å². The smallest absolute Gasteiger partial charge is 0.227 e. The predicted octanol–water partition coefficient (Wildman–Crippen LogP) is 3.51. The van der Waals surface area contributed by atoms with Crippen LogP contribution in [-0.4, -0.2) is 16.7 Å². The summed E-state index contributed by atoms with van der Waals surface area (Å²) in [5.74, 6) is 1.18. The Hall–Kier alpha value is -3.92. The number of phenolic OH excluding ortho intramolecular Hbond substituents is 1. The molecule has 28 heavy (non-hydrogen) atoms. The summed E-state index contributed by atoms with van der Waals surface area (Å²) in [5.41, 5.74) is 14.9. The van der Waals surface area contributed by atoms with Crippen LogP contribution >= 0.6 is 0 Å². The standard InChI is InChI=1S/C21H18N4O3/c1-2-27-13-6-3-11(4-7-13)17-14-8-5-12(26)9-16(14)28-21-18(17)19(23)15(10-22)20(24)25-21/h3-9,17,26H,2H2,1H3,(H4,23,24,25). The average molecular weight is 374 g/mol. The van der Waals surface area contributed by atoms with Crippen LogP contribution < -0.4 is 20.9 Å². The van der Waals surface area contributed by atoms with Gasteiger partial charge >= 0.3 is 0 Å². The second-order valence-electron chi connectivity index (χ2n) is 6.38. The Morgan fingerprint density at radius 1 is 1.21 bits per heavy atom. The Labute approximate surface area is 161 Å². The minimum absolute atomic E-state index is 0.00722. The van der Waals surface area contributed by atoms with Crippen molar-refractivity contribution in [3.8, 4) is 29.2 Å². The highest BCUT2D eigenvalue weighted by Gasteiger charge is 2.34. The third-order valence-corrected chi connectivity index (χ3v) is 4.71. The Morgan fingerprint density at radius 2 is 1.96 bits per heavy atom. The van der Waals surface area contributed by atoms with E-state index in [2.05, 4.69) is 4.98 Å². The number of aromatic nitrogens is 1. The van der Waals surface area contributed by atoms with E-state index in [9.17, 15) is 10.4 Å². The molecule has 0 aliphatic carbocycles. The summed E-state index contributed by atoms with van der Waals surface area (Å²) in [6.45, 7) is 2.49. The van der Waals surface area contributed by atoms with Crippen molar-refractivity contribution in [2.24, 2.45) is 0 Å². The van der Waals surface area contributed by atoms with Crippen molar-refractivity contribution in [3.63, 3.8) is 0 Å². The van der Waals surface area contributed by atoms with Gasteiger partial charge in [-0.05, 0) is 30.7 Å². The minimum atomic E-state index is -0.338. The highest BCUT2D eigenvalue weighted by Crippen LogP contribution is 2.50. The molecule has 1 unspecified atom stereocenters. The molecule has 1 atom stereocenters. The quantitative estimate of drug-likeness (QED) is 0.500. The predicted molar refractivity (Wildman–Crippen MR) is 105 cm³/mol. The molecule has 3 aromatic rings. The van der Waals surface area contributed by atoms with Gasteiger partial charge in [-0.3, -0.25) is 0 Å². The second kappa shape index (κ2) is 6.67. The first-order chi connectivity index (χ1) is 13.5. The third-order valence-electron chi connectivity index (χ3n) is 4.71. The molecule has 1 aromatic heterocycles. The van der Waals surface area contributed by atoms with Gasteiger partial charge in [-0.1, -0.05) is 18.2 Å². The van der Waals surface area contributed by atoms with E-state index in [1.54, 1.807) is 12.1 Å². The number of nitrogens with zero attached hydrogens (tertiary/aromatic N) is 2. The van der Waals surface area contributed by atoms with E-state index >= 15 is 0 Å². The molecular formula is C21H18N4O3. The van der Waals surface area contributed by atoms with Gasteiger partial charge in [0.05, 0.1) is 17.9 Å². The summed E-state index contributed by atoms with van der Waals surface area (Å²) in [6, 6.07) is 14.5. The number of fused-ring (bicyclic) bond motifs is 2. The molecule has 0 amide bonds. The van der Waals surface area contributed by atoms with Crippen molar-refractivity contribution in [1.29, 1.82) is 5.26 Å². The first-order valence-corrected chi connectivity index (χ1v) is 8.76. The van der Waals surface area contributed by atoms with E-state index in [0.717, 1.165) is 16.9 Å². The van der Waals surface area contributed by atoms with Crippen LogP contribution in [0.2, 0.25) is 0 Å². The molecule has 0 saturated heterocycles. The van der Waals surface area contributed by atoms with Gasteiger partial charge in [-0.2, -0.15) is 10.2 Å². The fourth-order valence-corrected chi connectivity index (χ4v) is 3.47. The van der Waals surface area contributed by atoms with Crippen LogP contribution in [0.1, 0.15) is 35.1 Å². The van der Waals surface area contributed by atoms with Crippen molar-refractivity contribution < 1.29 is 14.6 Å². The average Bonchev–Trinajstić information content (AvgIpc) is 2.67. The number of nitrogen functional groups attached to an aromatic ring is 2.